The van der Waals surface area contributed by atoms with Crippen molar-refractivity contribution in [3.05, 3.63) is 33.1 Å². The fourth-order valence-corrected chi connectivity index (χ4v) is 1.18. The normalized spacial score (nSPS) is 19.5. The second-order valence-electron chi connectivity index (χ2n) is 2.61. The zero-order chi connectivity index (χ0) is 10.3. The Labute approximate surface area is 76.7 Å². The van der Waals surface area contributed by atoms with Crippen LogP contribution in [-0.2, 0) is 0 Å². The molecule has 1 unspecified atom stereocenters. The van der Waals surface area contributed by atoms with Crippen molar-refractivity contribution >= 4 is 11.8 Å². The standard InChI is InChI=1S/C6H4N3O5/c10-4-2-1-3-5(6(4)8(11)12)7-14-9(3)13/h1-2,4,10H/q-1. The lowest BCUT2D eigenvalue weighted by molar-refractivity contribution is -0.803. The van der Waals surface area contributed by atoms with Crippen LogP contribution < -0.4 is 4.90 Å². The molecule has 14 heavy (non-hydrogen) atoms. The van der Waals surface area contributed by atoms with Crippen LogP contribution in [-0.4, -0.2) is 27.0 Å². The molecule has 1 aromatic rings. The smallest absolute Gasteiger partial charge is 0.319 e. The molecule has 0 spiro atoms. The minimum Gasteiger partial charge on any atom is -0.612 e. The van der Waals surface area contributed by atoms with Crippen LogP contribution in [0.15, 0.2) is 10.7 Å². The van der Waals surface area contributed by atoms with Gasteiger partial charge in [-0.15, -0.1) is 0 Å². The molecule has 0 fully saturated rings. The zero-order valence-corrected chi connectivity index (χ0v) is 6.65. The first-order valence-corrected chi connectivity index (χ1v) is 3.59. The van der Waals surface area contributed by atoms with E-state index in [0.717, 1.165) is 6.08 Å². The van der Waals surface area contributed by atoms with Gasteiger partial charge in [0.1, 0.15) is 0 Å². The van der Waals surface area contributed by atoms with Crippen LogP contribution in [0, 0.1) is 15.6 Å². The van der Waals surface area contributed by atoms with E-state index in [4.69, 9.17) is 0 Å². The summed E-state index contributed by atoms with van der Waals surface area (Å²) >= 11 is 0. The molecule has 8 nitrogen and oxygen atoms in total. The third-order valence-electron chi connectivity index (χ3n) is 1.80. The third-order valence-corrected chi connectivity index (χ3v) is 1.80. The van der Waals surface area contributed by atoms with Gasteiger partial charge in [-0.05, 0) is 17.1 Å². The Bertz CT molecular complexity index is 431. The summed E-state index contributed by atoms with van der Waals surface area (Å²) in [4.78, 5) is -0.753. The number of aliphatic hydroxyl groups excluding tert-OH is 1. The number of hydrogen-bond acceptors (Lipinski definition) is 6. The van der Waals surface area contributed by atoms with Gasteiger partial charge in [-0.25, -0.2) is 0 Å². The van der Waals surface area contributed by atoms with Gasteiger partial charge < -0.3 is 20.7 Å². The van der Waals surface area contributed by atoms with E-state index in [1.165, 1.54) is 6.08 Å². The molecule has 1 atom stereocenters. The summed E-state index contributed by atoms with van der Waals surface area (Å²) in [6, 6.07) is 0. The van der Waals surface area contributed by atoms with Gasteiger partial charge in [-0.1, -0.05) is 0 Å². The lowest BCUT2D eigenvalue weighted by Gasteiger charge is -2.12. The van der Waals surface area contributed by atoms with Crippen molar-refractivity contribution in [2.75, 3.05) is 0 Å². The first kappa shape index (κ1) is 8.51. The molecule has 1 aromatic heterocycles. The van der Waals surface area contributed by atoms with Gasteiger partial charge in [0.15, 0.2) is 6.10 Å². The Morgan fingerprint density at radius 3 is 2.93 bits per heavy atom. The van der Waals surface area contributed by atoms with Crippen molar-refractivity contribution < 1.29 is 19.5 Å². The van der Waals surface area contributed by atoms with E-state index >= 15 is 0 Å². The Hall–Kier alpha value is -2.09. The van der Waals surface area contributed by atoms with Crippen molar-refractivity contribution in [1.29, 1.82) is 0 Å². The molecule has 0 saturated carbocycles. The van der Waals surface area contributed by atoms with Crippen molar-refractivity contribution in [2.45, 2.75) is 6.10 Å². The third kappa shape index (κ3) is 1.01. The van der Waals surface area contributed by atoms with E-state index in [2.05, 4.69) is 9.79 Å². The number of rotatable bonds is 0. The predicted molar refractivity (Wildman–Crippen MR) is 41.6 cm³/mol. The Balaban J connectivity index is 2.66. The maximum absolute atomic E-state index is 10.9. The SMILES string of the molecule is [O-][N+]([O-])=C1c2no[n+]([O-])c2C=CC1O. The number of hydrogen-bond donors (Lipinski definition) is 1. The Morgan fingerprint density at radius 1 is 1.57 bits per heavy atom. The fraction of sp³-hybridized carbons (Fsp3) is 0.167. The average Bonchev–Trinajstić information content (AvgIpc) is 2.47. The second-order valence-corrected chi connectivity index (χ2v) is 2.61. The van der Waals surface area contributed by atoms with Gasteiger partial charge in [0.2, 0.25) is 5.69 Å². The van der Waals surface area contributed by atoms with E-state index in [9.17, 15) is 20.7 Å². The van der Waals surface area contributed by atoms with Gasteiger partial charge in [0.05, 0.1) is 5.16 Å². The summed E-state index contributed by atoms with van der Waals surface area (Å²) in [5.41, 5.74) is -0.872. The minimum absolute atomic E-state index is 0.0429. The van der Waals surface area contributed by atoms with Crippen LogP contribution in [0.2, 0.25) is 0 Å². The molecular formula is C6H4N3O5-. The molecule has 0 aliphatic heterocycles. The number of aliphatic hydroxyl groups is 1. The van der Waals surface area contributed by atoms with Crippen molar-refractivity contribution in [3.63, 3.8) is 0 Å². The highest BCUT2D eigenvalue weighted by molar-refractivity contribution is 6.03. The first-order valence-electron chi connectivity index (χ1n) is 3.59. The summed E-state index contributed by atoms with van der Waals surface area (Å²) in [6.45, 7) is 0. The van der Waals surface area contributed by atoms with Gasteiger partial charge in [-0.2, -0.15) is 4.90 Å². The highest BCUT2D eigenvalue weighted by Crippen LogP contribution is 2.14. The van der Waals surface area contributed by atoms with Crippen LogP contribution >= 0.6 is 0 Å². The molecule has 8 heteroatoms. The molecule has 1 heterocycles. The summed E-state index contributed by atoms with van der Waals surface area (Å²) in [5, 5.41) is 44.3. The summed E-state index contributed by atoms with van der Waals surface area (Å²) < 4.78 is 4.17. The minimum atomic E-state index is -1.37. The maximum atomic E-state index is 10.9. The molecule has 0 amide bonds. The lowest BCUT2D eigenvalue weighted by atomic mass is 10.0. The number of fused-ring (bicyclic) bond motifs is 1. The summed E-state index contributed by atoms with van der Waals surface area (Å²) in [5.74, 6) is 0. The van der Waals surface area contributed by atoms with Crippen LogP contribution in [0.3, 0.4) is 0 Å². The molecule has 0 aromatic carbocycles. The van der Waals surface area contributed by atoms with Crippen LogP contribution in [0.1, 0.15) is 11.4 Å². The molecule has 0 saturated heterocycles. The van der Waals surface area contributed by atoms with E-state index in [-0.39, 0.29) is 16.3 Å². The Kier molecular flexibility index (Phi) is 1.64. The van der Waals surface area contributed by atoms with E-state index < -0.39 is 16.7 Å². The van der Waals surface area contributed by atoms with Crippen molar-refractivity contribution in [3.8, 4) is 0 Å². The predicted octanol–water partition coefficient (Wildman–Crippen LogP) is -1.51. The van der Waals surface area contributed by atoms with Gasteiger partial charge in [0, 0.05) is 0 Å². The van der Waals surface area contributed by atoms with E-state index in [0.29, 0.717) is 0 Å². The second kappa shape index (κ2) is 2.70. The lowest BCUT2D eigenvalue weighted by Crippen LogP contribution is -2.34. The van der Waals surface area contributed by atoms with Crippen molar-refractivity contribution in [1.82, 2.24) is 5.16 Å². The van der Waals surface area contributed by atoms with Crippen LogP contribution in [0.4, 0.5) is 0 Å². The molecule has 2 rings (SSSR count). The van der Waals surface area contributed by atoms with Gasteiger partial charge in [0.25, 0.3) is 5.71 Å². The van der Waals surface area contributed by atoms with Gasteiger partial charge >= 0.3 is 5.69 Å². The largest absolute Gasteiger partial charge is 0.612 e. The average molecular weight is 198 g/mol. The zero-order valence-electron chi connectivity index (χ0n) is 6.65. The van der Waals surface area contributed by atoms with E-state index in [1.807, 2.05) is 0 Å². The van der Waals surface area contributed by atoms with Crippen LogP contribution in [0.5, 0.6) is 0 Å². The molecule has 1 aliphatic carbocycles. The maximum Gasteiger partial charge on any atom is 0.319 e. The van der Waals surface area contributed by atoms with Crippen molar-refractivity contribution in [2.24, 2.45) is 0 Å². The topological polar surface area (TPSA) is 122 Å². The molecule has 1 N–H and O–H groups in total. The van der Waals surface area contributed by atoms with Crippen LogP contribution in [0.25, 0.3) is 6.08 Å². The highest BCUT2D eigenvalue weighted by Gasteiger charge is 2.36. The summed E-state index contributed by atoms with van der Waals surface area (Å²) in [7, 11) is 0. The first-order chi connectivity index (χ1) is 6.61. The molecular weight excluding hydrogens is 194 g/mol. The number of aromatic nitrogens is 2. The van der Waals surface area contributed by atoms with Gasteiger partial charge in [-0.3, -0.25) is 4.63 Å². The summed E-state index contributed by atoms with van der Waals surface area (Å²) in [6.07, 6.45) is 0.963. The molecule has 1 aliphatic rings. The molecule has 0 radical (unpaired) electrons. The Morgan fingerprint density at radius 2 is 2.29 bits per heavy atom. The quantitative estimate of drug-likeness (QED) is 0.399. The monoisotopic (exact) mass is 198 g/mol. The van der Waals surface area contributed by atoms with E-state index in [1.54, 1.807) is 0 Å². The molecule has 0 bridgehead atoms. The number of nitrogens with zero attached hydrogens (tertiary/aromatic N) is 3. The highest BCUT2D eigenvalue weighted by atomic mass is 16.8. The fourth-order valence-electron chi connectivity index (χ4n) is 1.18. The molecule has 74 valence electrons.